The normalized spacial score (nSPS) is 16.3. The van der Waals surface area contributed by atoms with E-state index in [-0.39, 0.29) is 30.2 Å². The number of anilines is 1. The molecule has 0 aliphatic heterocycles. The Labute approximate surface area is 155 Å². The maximum absolute atomic E-state index is 12.9. The summed E-state index contributed by atoms with van der Waals surface area (Å²) in [4.78, 5) is 28.8. The number of halogens is 1. The second-order valence-corrected chi connectivity index (χ2v) is 7.06. The van der Waals surface area contributed by atoms with Gasteiger partial charge in [0.25, 0.3) is 0 Å². The number of carbonyl (C=O) groups is 2. The molecule has 1 aromatic carbocycles. The molecule has 0 bridgehead atoms. The van der Waals surface area contributed by atoms with E-state index in [2.05, 4.69) is 5.32 Å². The van der Waals surface area contributed by atoms with E-state index in [4.69, 9.17) is 0 Å². The zero-order valence-corrected chi connectivity index (χ0v) is 16.0. The summed E-state index contributed by atoms with van der Waals surface area (Å²) in [6.45, 7) is 4.66. The lowest BCUT2D eigenvalue weighted by Gasteiger charge is -2.37. The molecule has 1 aromatic rings. The minimum Gasteiger partial charge on any atom is -0.339 e. The van der Waals surface area contributed by atoms with E-state index < -0.39 is 0 Å². The second kappa shape index (κ2) is 9.67. The number of likely N-dealkylation sites (N-methyl/N-ethyl adjacent to an activating group) is 2. The molecule has 6 heteroatoms. The molecule has 5 nitrogen and oxygen atoms in total. The summed E-state index contributed by atoms with van der Waals surface area (Å²) in [7, 11) is 1.78. The van der Waals surface area contributed by atoms with Crippen molar-refractivity contribution in [3.05, 3.63) is 30.1 Å². The van der Waals surface area contributed by atoms with Crippen LogP contribution in [-0.4, -0.2) is 53.8 Å². The molecular formula is C20H30FN3O2. The topological polar surface area (TPSA) is 52.7 Å². The Kier molecular flexibility index (Phi) is 7.57. The smallest absolute Gasteiger partial charge is 0.239 e. The van der Waals surface area contributed by atoms with E-state index in [9.17, 15) is 14.0 Å². The maximum Gasteiger partial charge on any atom is 0.239 e. The molecule has 1 aliphatic carbocycles. The van der Waals surface area contributed by atoms with Gasteiger partial charge in [0.05, 0.1) is 12.6 Å². The number of benzene rings is 1. The molecule has 26 heavy (non-hydrogen) atoms. The lowest BCUT2D eigenvalue weighted by atomic mass is 9.93. The second-order valence-electron chi connectivity index (χ2n) is 7.06. The van der Waals surface area contributed by atoms with E-state index in [1.165, 1.54) is 43.5 Å². The number of amides is 2. The van der Waals surface area contributed by atoms with Crippen LogP contribution in [0.3, 0.4) is 0 Å². The van der Waals surface area contributed by atoms with Gasteiger partial charge in [-0.05, 0) is 58.0 Å². The molecule has 0 aromatic heterocycles. The number of hydrogen-bond acceptors (Lipinski definition) is 3. The van der Waals surface area contributed by atoms with Gasteiger partial charge in [-0.15, -0.1) is 0 Å². The van der Waals surface area contributed by atoms with Gasteiger partial charge >= 0.3 is 0 Å². The highest BCUT2D eigenvalue weighted by atomic mass is 19.1. The maximum atomic E-state index is 12.9. The average Bonchev–Trinajstić information content (AvgIpc) is 2.64. The van der Waals surface area contributed by atoms with Gasteiger partial charge in [0.2, 0.25) is 11.8 Å². The first-order chi connectivity index (χ1) is 12.4. The third kappa shape index (κ3) is 5.53. The van der Waals surface area contributed by atoms with Crippen molar-refractivity contribution in [1.29, 1.82) is 0 Å². The largest absolute Gasteiger partial charge is 0.339 e. The van der Waals surface area contributed by atoms with Crippen LogP contribution < -0.4 is 5.32 Å². The van der Waals surface area contributed by atoms with Crippen molar-refractivity contribution in [2.24, 2.45) is 0 Å². The Morgan fingerprint density at radius 1 is 1.19 bits per heavy atom. The molecule has 0 radical (unpaired) electrons. The molecule has 144 valence electrons. The fourth-order valence-corrected chi connectivity index (χ4v) is 3.51. The van der Waals surface area contributed by atoms with Gasteiger partial charge in [-0.2, -0.15) is 0 Å². The van der Waals surface area contributed by atoms with Crippen LogP contribution in [-0.2, 0) is 9.59 Å². The van der Waals surface area contributed by atoms with Gasteiger partial charge in [0, 0.05) is 18.3 Å². The third-order valence-corrected chi connectivity index (χ3v) is 5.18. The summed E-state index contributed by atoms with van der Waals surface area (Å²) in [5.41, 5.74) is 0.543. The van der Waals surface area contributed by atoms with Crippen LogP contribution >= 0.6 is 0 Å². The standard InChI is InChI=1S/C20H30FN3O2/c1-4-24(18-8-6-5-7-9-18)20(26)15(2)23(3)14-19(25)22-17-12-10-16(21)11-13-17/h10-13,15,18H,4-9,14H2,1-3H3,(H,22,25)/t15-/m1/s1. The fourth-order valence-electron chi connectivity index (χ4n) is 3.51. The molecule has 0 spiro atoms. The van der Waals surface area contributed by atoms with Gasteiger partial charge in [0.15, 0.2) is 0 Å². The third-order valence-electron chi connectivity index (χ3n) is 5.18. The van der Waals surface area contributed by atoms with Crippen LogP contribution in [0.2, 0.25) is 0 Å². The average molecular weight is 363 g/mol. The van der Waals surface area contributed by atoms with Crippen molar-refractivity contribution >= 4 is 17.5 Å². The highest BCUT2D eigenvalue weighted by Gasteiger charge is 2.29. The van der Waals surface area contributed by atoms with Crippen LogP contribution in [0.25, 0.3) is 0 Å². The Bertz CT molecular complexity index is 600. The zero-order chi connectivity index (χ0) is 19.1. The van der Waals surface area contributed by atoms with Crippen molar-refractivity contribution in [2.75, 3.05) is 25.5 Å². The molecule has 1 atom stereocenters. The van der Waals surface area contributed by atoms with E-state index >= 15 is 0 Å². The Morgan fingerprint density at radius 3 is 2.38 bits per heavy atom. The summed E-state index contributed by atoms with van der Waals surface area (Å²) in [5, 5.41) is 2.73. The summed E-state index contributed by atoms with van der Waals surface area (Å²) in [6, 6.07) is 5.60. The minimum absolute atomic E-state index is 0.0801. The van der Waals surface area contributed by atoms with Gasteiger partial charge < -0.3 is 10.2 Å². The molecule has 2 amide bonds. The van der Waals surface area contributed by atoms with Crippen molar-refractivity contribution in [3.63, 3.8) is 0 Å². The highest BCUT2D eigenvalue weighted by Crippen LogP contribution is 2.23. The van der Waals surface area contributed by atoms with Gasteiger partial charge in [-0.25, -0.2) is 4.39 Å². The Morgan fingerprint density at radius 2 is 1.81 bits per heavy atom. The molecule has 0 unspecified atom stereocenters. The number of nitrogens with zero attached hydrogens (tertiary/aromatic N) is 2. The van der Waals surface area contributed by atoms with E-state index in [1.807, 2.05) is 18.7 Å². The van der Waals surface area contributed by atoms with Crippen molar-refractivity contribution in [2.45, 2.75) is 58.0 Å². The summed E-state index contributed by atoms with van der Waals surface area (Å²) in [6.07, 6.45) is 5.75. The number of hydrogen-bond donors (Lipinski definition) is 1. The van der Waals surface area contributed by atoms with E-state index in [1.54, 1.807) is 11.9 Å². The predicted octanol–water partition coefficient (Wildman–Crippen LogP) is 3.27. The molecular weight excluding hydrogens is 333 g/mol. The van der Waals surface area contributed by atoms with Gasteiger partial charge in [0.1, 0.15) is 5.82 Å². The summed E-state index contributed by atoms with van der Waals surface area (Å²) >= 11 is 0. The van der Waals surface area contributed by atoms with Gasteiger partial charge in [-0.1, -0.05) is 19.3 Å². The van der Waals surface area contributed by atoms with Crippen molar-refractivity contribution in [3.8, 4) is 0 Å². The lowest BCUT2D eigenvalue weighted by Crippen LogP contribution is -2.51. The molecule has 0 saturated heterocycles. The van der Waals surface area contributed by atoms with Crippen LogP contribution in [0, 0.1) is 5.82 Å². The molecule has 1 saturated carbocycles. The van der Waals surface area contributed by atoms with Gasteiger partial charge in [-0.3, -0.25) is 14.5 Å². The summed E-state index contributed by atoms with van der Waals surface area (Å²) in [5.74, 6) is -0.488. The van der Waals surface area contributed by atoms with E-state index in [0.29, 0.717) is 18.3 Å². The first-order valence-electron chi connectivity index (χ1n) is 9.48. The van der Waals surface area contributed by atoms with E-state index in [0.717, 1.165) is 12.8 Å². The Hall–Kier alpha value is -1.95. The monoisotopic (exact) mass is 363 g/mol. The number of nitrogens with one attached hydrogen (secondary N) is 1. The molecule has 1 fully saturated rings. The molecule has 0 heterocycles. The molecule has 2 rings (SSSR count). The van der Waals surface area contributed by atoms with Crippen molar-refractivity contribution in [1.82, 2.24) is 9.80 Å². The lowest BCUT2D eigenvalue weighted by molar-refractivity contribution is -0.139. The zero-order valence-electron chi connectivity index (χ0n) is 16.0. The summed E-state index contributed by atoms with van der Waals surface area (Å²) < 4.78 is 12.9. The fraction of sp³-hybridized carbons (Fsp3) is 0.600. The first-order valence-corrected chi connectivity index (χ1v) is 9.48. The molecule has 1 N–H and O–H groups in total. The van der Waals surface area contributed by atoms with Crippen LogP contribution in [0.4, 0.5) is 10.1 Å². The predicted molar refractivity (Wildman–Crippen MR) is 101 cm³/mol. The van der Waals surface area contributed by atoms with Crippen LogP contribution in [0.5, 0.6) is 0 Å². The molecule has 1 aliphatic rings. The Balaban J connectivity index is 1.89. The van der Waals surface area contributed by atoms with Crippen molar-refractivity contribution < 1.29 is 14.0 Å². The first kappa shape index (κ1) is 20.4. The SMILES string of the molecule is CCN(C(=O)[C@@H](C)N(C)CC(=O)Nc1ccc(F)cc1)C1CCCCC1. The van der Waals surface area contributed by atoms with Crippen LogP contribution in [0.15, 0.2) is 24.3 Å². The highest BCUT2D eigenvalue weighted by molar-refractivity contribution is 5.92. The van der Waals surface area contributed by atoms with Crippen LogP contribution in [0.1, 0.15) is 46.0 Å². The minimum atomic E-state index is -0.365. The number of rotatable bonds is 7. The quantitative estimate of drug-likeness (QED) is 0.809. The number of carbonyl (C=O) groups excluding carboxylic acids is 2.